The van der Waals surface area contributed by atoms with Crippen LogP contribution in [0.2, 0.25) is 0 Å². The number of aliphatic hydroxyl groups is 1. The average Bonchev–Trinajstić information content (AvgIpc) is 2.30. The van der Waals surface area contributed by atoms with Crippen molar-refractivity contribution in [2.45, 2.75) is 27.2 Å². The fourth-order valence-corrected chi connectivity index (χ4v) is 2.05. The van der Waals surface area contributed by atoms with Gasteiger partial charge in [0.2, 0.25) is 0 Å². The maximum Gasteiger partial charge on any atom is 0.0593 e. The first-order valence-corrected chi connectivity index (χ1v) is 7.14. The summed E-state index contributed by atoms with van der Waals surface area (Å²) in [7, 11) is 0. The van der Waals surface area contributed by atoms with Crippen LogP contribution in [0.4, 0.5) is 0 Å². The van der Waals surface area contributed by atoms with Crippen molar-refractivity contribution in [3.05, 3.63) is 0 Å². The molecule has 0 aromatic rings. The molecule has 1 heterocycles. The Morgan fingerprint density at radius 2 is 1.50 bits per heavy atom. The molecule has 0 amide bonds. The number of piperazine rings is 1. The van der Waals surface area contributed by atoms with E-state index in [-0.39, 0.29) is 6.61 Å². The molecule has 108 valence electrons. The third-order valence-corrected chi connectivity index (χ3v) is 3.43. The van der Waals surface area contributed by atoms with E-state index in [1.54, 1.807) is 0 Å². The highest BCUT2D eigenvalue weighted by Crippen LogP contribution is 2.17. The summed E-state index contributed by atoms with van der Waals surface area (Å²) in [5.41, 5.74) is 0.371. The summed E-state index contributed by atoms with van der Waals surface area (Å²) in [4.78, 5) is 4.77. The highest BCUT2D eigenvalue weighted by atomic mass is 16.5. The Morgan fingerprint density at radius 1 is 0.944 bits per heavy atom. The fraction of sp³-hybridized carbons (Fsp3) is 1.00. The van der Waals surface area contributed by atoms with Crippen LogP contribution in [0.1, 0.15) is 27.2 Å². The first-order valence-electron chi connectivity index (χ1n) is 7.14. The normalized spacial score (nSPS) is 19.3. The lowest BCUT2D eigenvalue weighted by atomic mass is 9.93. The van der Waals surface area contributed by atoms with Gasteiger partial charge in [-0.15, -0.1) is 0 Å². The largest absolute Gasteiger partial charge is 0.395 e. The summed E-state index contributed by atoms with van der Waals surface area (Å²) >= 11 is 0. The first-order chi connectivity index (χ1) is 8.51. The Kier molecular flexibility index (Phi) is 7.15. The van der Waals surface area contributed by atoms with E-state index >= 15 is 0 Å². The number of hydrogen-bond donors (Lipinski definition) is 1. The van der Waals surface area contributed by atoms with Gasteiger partial charge in [-0.05, 0) is 11.8 Å². The molecule has 0 unspecified atom stereocenters. The molecule has 0 spiro atoms. The van der Waals surface area contributed by atoms with E-state index in [0.717, 1.165) is 58.9 Å². The summed E-state index contributed by atoms with van der Waals surface area (Å²) < 4.78 is 5.69. The number of aliphatic hydroxyl groups excluding tert-OH is 1. The van der Waals surface area contributed by atoms with Crippen molar-refractivity contribution in [3.8, 4) is 0 Å². The second kappa shape index (κ2) is 8.10. The van der Waals surface area contributed by atoms with Crippen LogP contribution in [0, 0.1) is 5.41 Å². The monoisotopic (exact) mass is 258 g/mol. The van der Waals surface area contributed by atoms with Crippen molar-refractivity contribution in [3.63, 3.8) is 0 Å². The topological polar surface area (TPSA) is 35.9 Å². The number of ether oxygens (including phenoxy) is 1. The van der Waals surface area contributed by atoms with Crippen LogP contribution in [0.3, 0.4) is 0 Å². The van der Waals surface area contributed by atoms with Crippen molar-refractivity contribution < 1.29 is 9.84 Å². The van der Waals surface area contributed by atoms with Crippen LogP contribution in [-0.4, -0.2) is 74.0 Å². The van der Waals surface area contributed by atoms with E-state index in [1.165, 1.54) is 0 Å². The van der Waals surface area contributed by atoms with Crippen LogP contribution < -0.4 is 0 Å². The molecule has 0 radical (unpaired) electrons. The van der Waals surface area contributed by atoms with Gasteiger partial charge in [-0.1, -0.05) is 20.8 Å². The second-order valence-corrected chi connectivity index (χ2v) is 6.33. The van der Waals surface area contributed by atoms with Crippen LogP contribution >= 0.6 is 0 Å². The third kappa shape index (κ3) is 7.31. The lowest BCUT2D eigenvalue weighted by Crippen LogP contribution is -2.47. The molecule has 0 saturated carbocycles. The number of rotatable bonds is 7. The number of hydrogen-bond acceptors (Lipinski definition) is 4. The van der Waals surface area contributed by atoms with Gasteiger partial charge in [-0.2, -0.15) is 0 Å². The van der Waals surface area contributed by atoms with Gasteiger partial charge >= 0.3 is 0 Å². The van der Waals surface area contributed by atoms with Gasteiger partial charge < -0.3 is 9.84 Å². The van der Waals surface area contributed by atoms with Crippen LogP contribution in [-0.2, 0) is 4.74 Å². The summed E-state index contributed by atoms with van der Waals surface area (Å²) in [6.45, 7) is 14.9. The van der Waals surface area contributed by atoms with Crippen molar-refractivity contribution in [2.75, 3.05) is 59.1 Å². The van der Waals surface area contributed by atoms with Gasteiger partial charge in [0.15, 0.2) is 0 Å². The minimum atomic E-state index is 0.274. The highest BCUT2D eigenvalue weighted by Gasteiger charge is 2.15. The molecule has 1 aliphatic heterocycles. The number of nitrogens with zero attached hydrogens (tertiary/aromatic N) is 2. The van der Waals surface area contributed by atoms with E-state index in [2.05, 4.69) is 30.6 Å². The van der Waals surface area contributed by atoms with Gasteiger partial charge in [0, 0.05) is 45.9 Å². The zero-order chi connectivity index (χ0) is 13.4. The Labute approximate surface area is 112 Å². The van der Waals surface area contributed by atoms with Crippen LogP contribution in [0.25, 0.3) is 0 Å². The van der Waals surface area contributed by atoms with E-state index < -0.39 is 0 Å². The molecule has 0 bridgehead atoms. The molecule has 4 nitrogen and oxygen atoms in total. The second-order valence-electron chi connectivity index (χ2n) is 6.33. The van der Waals surface area contributed by atoms with Crippen molar-refractivity contribution in [1.82, 2.24) is 9.80 Å². The molecule has 1 N–H and O–H groups in total. The molecule has 18 heavy (non-hydrogen) atoms. The van der Waals surface area contributed by atoms with E-state index in [0.29, 0.717) is 5.41 Å². The molecule has 1 aliphatic rings. The third-order valence-electron chi connectivity index (χ3n) is 3.43. The summed E-state index contributed by atoms with van der Waals surface area (Å²) in [5.74, 6) is 0. The molecule has 4 heteroatoms. The molecule has 0 aromatic carbocycles. The fourth-order valence-electron chi connectivity index (χ4n) is 2.05. The van der Waals surface area contributed by atoms with Gasteiger partial charge in [-0.3, -0.25) is 9.80 Å². The molecule has 0 aromatic heterocycles. The van der Waals surface area contributed by atoms with Crippen molar-refractivity contribution in [2.24, 2.45) is 5.41 Å². The minimum absolute atomic E-state index is 0.274. The van der Waals surface area contributed by atoms with Crippen LogP contribution in [0.15, 0.2) is 0 Å². The lowest BCUT2D eigenvalue weighted by Gasteiger charge is -2.34. The van der Waals surface area contributed by atoms with Gasteiger partial charge in [0.25, 0.3) is 0 Å². The molecule has 1 rings (SSSR count). The molecule has 1 saturated heterocycles. The maximum absolute atomic E-state index is 8.88. The predicted molar refractivity (Wildman–Crippen MR) is 74.9 cm³/mol. The molecule has 0 atom stereocenters. The van der Waals surface area contributed by atoms with Gasteiger partial charge in [0.1, 0.15) is 0 Å². The predicted octanol–water partition coefficient (Wildman–Crippen LogP) is 1.05. The lowest BCUT2D eigenvalue weighted by molar-refractivity contribution is 0.0610. The highest BCUT2D eigenvalue weighted by molar-refractivity contribution is 4.71. The molecule has 1 fully saturated rings. The zero-order valence-corrected chi connectivity index (χ0v) is 12.3. The van der Waals surface area contributed by atoms with Crippen molar-refractivity contribution in [1.29, 1.82) is 0 Å². The molecular formula is C14H30N2O2. The summed E-state index contributed by atoms with van der Waals surface area (Å²) in [6, 6.07) is 0. The standard InChI is InChI=1S/C14H30N2O2/c1-14(2,3)4-12-18-13-10-16-7-5-15(6-8-16)9-11-17/h17H,4-13H2,1-3H3. The van der Waals surface area contributed by atoms with Gasteiger partial charge in [0.05, 0.1) is 13.2 Å². The van der Waals surface area contributed by atoms with Crippen LogP contribution in [0.5, 0.6) is 0 Å². The smallest absolute Gasteiger partial charge is 0.0593 e. The Hall–Kier alpha value is -0.160. The zero-order valence-electron chi connectivity index (χ0n) is 12.3. The first kappa shape index (κ1) is 15.9. The molecular weight excluding hydrogens is 228 g/mol. The van der Waals surface area contributed by atoms with E-state index in [9.17, 15) is 0 Å². The number of β-amino-alcohol motifs (C(OH)–C–C–N with tert-alkyl or cyclic N) is 1. The minimum Gasteiger partial charge on any atom is -0.395 e. The van der Waals surface area contributed by atoms with Gasteiger partial charge in [-0.25, -0.2) is 0 Å². The summed E-state index contributed by atoms with van der Waals surface area (Å²) in [5, 5.41) is 8.88. The molecule has 0 aliphatic carbocycles. The summed E-state index contributed by atoms with van der Waals surface area (Å²) in [6.07, 6.45) is 1.12. The van der Waals surface area contributed by atoms with E-state index in [1.807, 2.05) is 0 Å². The quantitative estimate of drug-likeness (QED) is 0.693. The Balaban J connectivity index is 1.98. The maximum atomic E-state index is 8.88. The van der Waals surface area contributed by atoms with Crippen molar-refractivity contribution >= 4 is 0 Å². The Morgan fingerprint density at radius 3 is 2.00 bits per heavy atom. The van der Waals surface area contributed by atoms with E-state index in [4.69, 9.17) is 9.84 Å². The average molecular weight is 258 g/mol. The Bertz CT molecular complexity index is 208. The SMILES string of the molecule is CC(C)(C)CCOCCN1CCN(CCO)CC1.